The molecule has 0 aromatic heterocycles. The molecule has 2 aromatic rings. The van der Waals surface area contributed by atoms with Crippen LogP contribution in [0.15, 0.2) is 54.6 Å². The summed E-state index contributed by atoms with van der Waals surface area (Å²) < 4.78 is 0. The van der Waals surface area contributed by atoms with Gasteiger partial charge in [-0.15, -0.1) is 0 Å². The van der Waals surface area contributed by atoms with Gasteiger partial charge in [-0.2, -0.15) is 0 Å². The van der Waals surface area contributed by atoms with Gasteiger partial charge in [-0.1, -0.05) is 54.6 Å². The molecule has 112 valence electrons. The number of carboxylic acids is 1. The zero-order chi connectivity index (χ0) is 15.5. The summed E-state index contributed by atoms with van der Waals surface area (Å²) in [6, 6.07) is 16.5. The molecule has 0 aliphatic carbocycles. The van der Waals surface area contributed by atoms with Crippen LogP contribution >= 0.6 is 0 Å². The van der Waals surface area contributed by atoms with Crippen LogP contribution in [0.4, 0.5) is 0 Å². The van der Waals surface area contributed by atoms with Gasteiger partial charge < -0.3 is 10.4 Å². The molecule has 1 unspecified atom stereocenters. The molecular formula is C18H17NO3. The first-order valence-electron chi connectivity index (χ1n) is 7.33. The van der Waals surface area contributed by atoms with Crippen molar-refractivity contribution in [2.75, 3.05) is 6.54 Å². The second-order valence-corrected chi connectivity index (χ2v) is 5.47. The van der Waals surface area contributed by atoms with Gasteiger partial charge in [0.05, 0.1) is 0 Å². The first-order chi connectivity index (χ1) is 10.7. The summed E-state index contributed by atoms with van der Waals surface area (Å²) in [5.74, 6) is -1.55. The van der Waals surface area contributed by atoms with Gasteiger partial charge in [-0.3, -0.25) is 9.59 Å². The van der Waals surface area contributed by atoms with Crippen molar-refractivity contribution >= 4 is 11.8 Å². The molecule has 2 N–H and O–H groups in total. The van der Waals surface area contributed by atoms with Crippen LogP contribution in [-0.2, 0) is 4.79 Å². The normalized spacial score (nSPS) is 20.7. The molecule has 0 amide bonds. The zero-order valence-corrected chi connectivity index (χ0v) is 12.0. The summed E-state index contributed by atoms with van der Waals surface area (Å²) in [6.07, 6.45) is 0.566. The summed E-state index contributed by atoms with van der Waals surface area (Å²) in [5.41, 5.74) is 2.70. The third-order valence-corrected chi connectivity index (χ3v) is 4.10. The van der Waals surface area contributed by atoms with Crippen LogP contribution in [0.1, 0.15) is 16.8 Å². The van der Waals surface area contributed by atoms with E-state index >= 15 is 0 Å². The first kappa shape index (κ1) is 14.5. The molecular weight excluding hydrogens is 278 g/mol. The summed E-state index contributed by atoms with van der Waals surface area (Å²) >= 11 is 0. The van der Waals surface area contributed by atoms with Crippen molar-refractivity contribution in [3.05, 3.63) is 60.2 Å². The second-order valence-electron chi connectivity index (χ2n) is 5.47. The van der Waals surface area contributed by atoms with Crippen LogP contribution in [0.3, 0.4) is 0 Å². The van der Waals surface area contributed by atoms with Crippen LogP contribution in [0, 0.1) is 5.92 Å². The number of ketones is 1. The highest BCUT2D eigenvalue weighted by Crippen LogP contribution is 2.24. The predicted molar refractivity (Wildman–Crippen MR) is 83.7 cm³/mol. The predicted octanol–water partition coefficient (Wildman–Crippen LogP) is 2.60. The number of carbonyl (C=O) groups excluding carboxylic acids is 1. The minimum Gasteiger partial charge on any atom is -0.480 e. The van der Waals surface area contributed by atoms with Crippen molar-refractivity contribution < 1.29 is 14.7 Å². The highest BCUT2D eigenvalue weighted by Gasteiger charge is 2.37. The monoisotopic (exact) mass is 295 g/mol. The molecule has 0 spiro atoms. The Morgan fingerprint density at radius 2 is 1.59 bits per heavy atom. The van der Waals surface area contributed by atoms with Gasteiger partial charge in [0.2, 0.25) is 0 Å². The summed E-state index contributed by atoms with van der Waals surface area (Å²) in [5, 5.41) is 12.0. The number of aliphatic carboxylic acids is 1. The number of benzene rings is 2. The van der Waals surface area contributed by atoms with Crippen LogP contribution in [0.25, 0.3) is 11.1 Å². The number of hydrogen-bond acceptors (Lipinski definition) is 3. The van der Waals surface area contributed by atoms with E-state index in [4.69, 9.17) is 5.11 Å². The first-order valence-corrected chi connectivity index (χ1v) is 7.33. The second kappa shape index (κ2) is 6.12. The molecule has 2 aromatic carbocycles. The van der Waals surface area contributed by atoms with E-state index in [2.05, 4.69) is 5.32 Å². The van der Waals surface area contributed by atoms with Crippen molar-refractivity contribution in [3.8, 4) is 11.1 Å². The summed E-state index contributed by atoms with van der Waals surface area (Å²) in [7, 11) is 0. The van der Waals surface area contributed by atoms with Crippen molar-refractivity contribution in [1.29, 1.82) is 0 Å². The third kappa shape index (κ3) is 2.78. The Bertz CT molecular complexity index is 679. The van der Waals surface area contributed by atoms with E-state index in [-0.39, 0.29) is 5.78 Å². The Morgan fingerprint density at radius 3 is 2.23 bits per heavy atom. The molecule has 4 nitrogen and oxygen atoms in total. The lowest BCUT2D eigenvalue weighted by Crippen LogP contribution is -2.38. The molecule has 1 aliphatic rings. The van der Waals surface area contributed by atoms with Gasteiger partial charge in [-0.25, -0.2) is 0 Å². The Morgan fingerprint density at radius 1 is 0.955 bits per heavy atom. The van der Waals surface area contributed by atoms with Gasteiger partial charge in [0.25, 0.3) is 0 Å². The average Bonchev–Trinajstić information content (AvgIpc) is 3.05. The van der Waals surface area contributed by atoms with Crippen LogP contribution in [0.2, 0.25) is 0 Å². The molecule has 0 radical (unpaired) electrons. The topological polar surface area (TPSA) is 66.4 Å². The third-order valence-electron chi connectivity index (χ3n) is 4.10. The molecule has 4 heteroatoms. The van der Waals surface area contributed by atoms with E-state index in [1.807, 2.05) is 42.5 Å². The van der Waals surface area contributed by atoms with Gasteiger partial charge in [0.1, 0.15) is 6.04 Å². The lowest BCUT2D eigenvalue weighted by molar-refractivity contribution is -0.139. The van der Waals surface area contributed by atoms with Crippen LogP contribution in [0.5, 0.6) is 0 Å². The fourth-order valence-electron chi connectivity index (χ4n) is 2.92. The van der Waals surface area contributed by atoms with E-state index in [0.717, 1.165) is 11.1 Å². The minimum absolute atomic E-state index is 0.1000. The van der Waals surface area contributed by atoms with Crippen LogP contribution < -0.4 is 5.32 Å². The zero-order valence-electron chi connectivity index (χ0n) is 12.0. The molecule has 3 rings (SSSR count). The van der Waals surface area contributed by atoms with Crippen molar-refractivity contribution in [3.63, 3.8) is 0 Å². The minimum atomic E-state index is -0.961. The molecule has 1 saturated heterocycles. The Kier molecular flexibility index (Phi) is 4.02. The number of carboxylic acid groups (broad SMARTS) is 1. The smallest absolute Gasteiger partial charge is 0.321 e. The molecule has 0 saturated carbocycles. The van der Waals surface area contributed by atoms with E-state index < -0.39 is 17.9 Å². The quantitative estimate of drug-likeness (QED) is 0.851. The number of carbonyl (C=O) groups is 2. The number of hydrogen-bond donors (Lipinski definition) is 2. The maximum atomic E-state index is 12.5. The van der Waals surface area contributed by atoms with Gasteiger partial charge in [0, 0.05) is 11.5 Å². The largest absolute Gasteiger partial charge is 0.480 e. The SMILES string of the molecule is O=C(O)C1NCC[C@@H]1C(=O)c1ccc(-c2ccccc2)cc1. The van der Waals surface area contributed by atoms with Crippen LogP contribution in [-0.4, -0.2) is 29.4 Å². The van der Waals surface area contributed by atoms with E-state index in [9.17, 15) is 9.59 Å². The lowest BCUT2D eigenvalue weighted by Gasteiger charge is -2.14. The average molecular weight is 295 g/mol. The fraction of sp³-hybridized carbons (Fsp3) is 0.222. The Hall–Kier alpha value is -2.46. The number of rotatable bonds is 4. The van der Waals surface area contributed by atoms with E-state index in [1.165, 1.54) is 0 Å². The highest BCUT2D eigenvalue weighted by molar-refractivity contribution is 6.01. The molecule has 1 fully saturated rings. The Balaban J connectivity index is 1.81. The van der Waals surface area contributed by atoms with Crippen molar-refractivity contribution in [2.24, 2.45) is 5.92 Å². The Labute approximate surface area is 128 Å². The molecule has 2 atom stereocenters. The molecule has 1 heterocycles. The van der Waals surface area contributed by atoms with Crippen molar-refractivity contribution in [2.45, 2.75) is 12.5 Å². The van der Waals surface area contributed by atoms with Gasteiger partial charge >= 0.3 is 5.97 Å². The molecule has 22 heavy (non-hydrogen) atoms. The maximum absolute atomic E-state index is 12.5. The molecule has 1 aliphatic heterocycles. The summed E-state index contributed by atoms with van der Waals surface area (Å²) in [6.45, 7) is 0.565. The summed E-state index contributed by atoms with van der Waals surface area (Å²) in [4.78, 5) is 23.7. The fourth-order valence-corrected chi connectivity index (χ4v) is 2.92. The highest BCUT2D eigenvalue weighted by atomic mass is 16.4. The standard InChI is InChI=1S/C18H17NO3/c20-17(15-10-11-19-16(15)18(21)22)14-8-6-13(7-9-14)12-4-2-1-3-5-12/h1-9,15-16,19H,10-11H2,(H,21,22)/t15-,16?/m0/s1. The number of nitrogens with one attached hydrogen (secondary N) is 1. The number of Topliss-reactive ketones (excluding diaryl/α,β-unsaturated/α-hetero) is 1. The van der Waals surface area contributed by atoms with Gasteiger partial charge in [0.15, 0.2) is 5.78 Å². The van der Waals surface area contributed by atoms with Crippen molar-refractivity contribution in [1.82, 2.24) is 5.32 Å². The van der Waals surface area contributed by atoms with E-state index in [1.54, 1.807) is 12.1 Å². The maximum Gasteiger partial charge on any atom is 0.321 e. The molecule has 0 bridgehead atoms. The lowest BCUT2D eigenvalue weighted by atomic mass is 9.90. The van der Waals surface area contributed by atoms with E-state index in [0.29, 0.717) is 18.5 Å². The van der Waals surface area contributed by atoms with Gasteiger partial charge in [-0.05, 0) is 24.1 Å².